The number of carboxylic acid groups (broad SMARTS) is 1. The van der Waals surface area contributed by atoms with Gasteiger partial charge in [-0.3, -0.25) is 4.79 Å². The van der Waals surface area contributed by atoms with E-state index in [1.165, 1.54) is 22.9 Å². The van der Waals surface area contributed by atoms with Crippen molar-refractivity contribution in [3.63, 3.8) is 0 Å². The van der Waals surface area contributed by atoms with Gasteiger partial charge in [0.05, 0.1) is 16.3 Å². The van der Waals surface area contributed by atoms with Gasteiger partial charge in [0.1, 0.15) is 0 Å². The second kappa shape index (κ2) is 4.30. The minimum atomic E-state index is -1.14. The molecule has 1 N–H and O–H groups in total. The predicted octanol–water partition coefficient (Wildman–Crippen LogP) is 1.24. The van der Waals surface area contributed by atoms with Gasteiger partial charge >= 0.3 is 5.97 Å². The first-order chi connectivity index (χ1) is 8.41. The maximum atomic E-state index is 11.3. The van der Waals surface area contributed by atoms with Crippen LogP contribution in [0.5, 0.6) is 0 Å². The Balaban J connectivity index is 2.53. The van der Waals surface area contributed by atoms with E-state index in [4.69, 9.17) is 5.11 Å². The first-order valence-corrected chi connectivity index (χ1v) is 5.87. The second-order valence-electron chi connectivity index (χ2n) is 3.71. The smallest absolute Gasteiger partial charge is 0.358 e. The summed E-state index contributed by atoms with van der Waals surface area (Å²) in [7, 11) is 0. The largest absolute Gasteiger partial charge is 0.476 e. The molecule has 18 heavy (non-hydrogen) atoms. The number of rotatable bonds is 3. The zero-order chi connectivity index (χ0) is 13.4. The lowest BCUT2D eigenvalue weighted by atomic mass is 10.3. The number of aromatic carboxylic acids is 1. The molecular weight excluding hydrogens is 256 g/mol. The Bertz CT molecular complexity index is 644. The van der Waals surface area contributed by atoms with Crippen molar-refractivity contribution in [2.24, 2.45) is 0 Å². The van der Waals surface area contributed by atoms with Gasteiger partial charge in [0.25, 0.3) is 0 Å². The first-order valence-electron chi connectivity index (χ1n) is 5.06. The van der Waals surface area contributed by atoms with Crippen LogP contribution < -0.4 is 0 Å². The van der Waals surface area contributed by atoms with Gasteiger partial charge < -0.3 is 5.11 Å². The summed E-state index contributed by atoms with van der Waals surface area (Å²) in [6, 6.07) is 0. The van der Waals surface area contributed by atoms with E-state index in [0.29, 0.717) is 21.4 Å². The van der Waals surface area contributed by atoms with E-state index < -0.39 is 5.97 Å². The minimum Gasteiger partial charge on any atom is -0.476 e. The summed E-state index contributed by atoms with van der Waals surface area (Å²) in [6.07, 6.45) is 0. The molecule has 0 aliphatic rings. The highest BCUT2D eigenvalue weighted by molar-refractivity contribution is 7.16. The molecule has 2 aromatic heterocycles. The molecule has 0 unspecified atom stereocenters. The van der Waals surface area contributed by atoms with E-state index in [9.17, 15) is 9.59 Å². The highest BCUT2D eigenvalue weighted by Gasteiger charge is 2.19. The quantitative estimate of drug-likeness (QED) is 0.839. The molecule has 0 amide bonds. The zero-order valence-corrected chi connectivity index (χ0v) is 10.8. The van der Waals surface area contributed by atoms with Crippen molar-refractivity contribution in [3.8, 4) is 5.13 Å². The molecule has 0 saturated carbocycles. The van der Waals surface area contributed by atoms with E-state index in [2.05, 4.69) is 15.3 Å². The lowest BCUT2D eigenvalue weighted by Gasteiger charge is -1.96. The monoisotopic (exact) mass is 266 g/mol. The highest BCUT2D eigenvalue weighted by Crippen LogP contribution is 2.22. The third kappa shape index (κ3) is 1.90. The van der Waals surface area contributed by atoms with Crippen LogP contribution in [0.25, 0.3) is 5.13 Å². The number of hydrogen-bond acceptors (Lipinski definition) is 6. The molecule has 0 atom stereocenters. The molecule has 8 heteroatoms. The summed E-state index contributed by atoms with van der Waals surface area (Å²) in [5.74, 6) is -1.22. The fraction of sp³-hybridized carbons (Fsp3) is 0.300. The number of carbonyl (C=O) groups excluding carboxylic acids is 1. The summed E-state index contributed by atoms with van der Waals surface area (Å²) in [5, 5.41) is 16.6. The fourth-order valence-corrected chi connectivity index (χ4v) is 2.47. The normalized spacial score (nSPS) is 10.6. The Labute approximate surface area is 106 Å². The van der Waals surface area contributed by atoms with Gasteiger partial charge in [0.2, 0.25) is 5.13 Å². The highest BCUT2D eigenvalue weighted by atomic mass is 32.1. The van der Waals surface area contributed by atoms with Crippen molar-refractivity contribution in [1.82, 2.24) is 20.0 Å². The van der Waals surface area contributed by atoms with Gasteiger partial charge in [-0.25, -0.2) is 9.78 Å². The number of Topliss-reactive ketones (excluding diaryl/α,β-unsaturated/α-hetero) is 1. The van der Waals surface area contributed by atoms with Crippen molar-refractivity contribution >= 4 is 23.1 Å². The number of nitrogens with zero attached hydrogens (tertiary/aromatic N) is 4. The van der Waals surface area contributed by atoms with Crippen LogP contribution in [-0.2, 0) is 0 Å². The van der Waals surface area contributed by atoms with Gasteiger partial charge in [-0.15, -0.1) is 5.10 Å². The number of carboxylic acids is 1. The molecule has 7 nitrogen and oxygen atoms in total. The number of carbonyl (C=O) groups is 2. The average Bonchev–Trinajstić information content (AvgIpc) is 2.81. The van der Waals surface area contributed by atoms with Crippen LogP contribution in [0.4, 0.5) is 0 Å². The molecule has 0 aliphatic carbocycles. The van der Waals surface area contributed by atoms with Crippen LogP contribution in [0.15, 0.2) is 0 Å². The van der Waals surface area contributed by atoms with Gasteiger partial charge in [-0.2, -0.15) is 4.68 Å². The second-order valence-corrected chi connectivity index (χ2v) is 4.69. The van der Waals surface area contributed by atoms with E-state index in [0.717, 1.165) is 0 Å². The van der Waals surface area contributed by atoms with Gasteiger partial charge in [-0.05, 0) is 13.8 Å². The maximum absolute atomic E-state index is 11.3. The first kappa shape index (κ1) is 12.4. The molecule has 0 radical (unpaired) electrons. The number of aromatic nitrogens is 4. The molecule has 0 bridgehead atoms. The van der Waals surface area contributed by atoms with Gasteiger partial charge in [0, 0.05) is 6.92 Å². The average molecular weight is 266 g/mol. The van der Waals surface area contributed by atoms with E-state index in [1.54, 1.807) is 13.8 Å². The summed E-state index contributed by atoms with van der Waals surface area (Å²) in [4.78, 5) is 26.9. The molecule has 2 heterocycles. The van der Waals surface area contributed by atoms with Crippen molar-refractivity contribution in [2.75, 3.05) is 0 Å². The van der Waals surface area contributed by atoms with Crippen LogP contribution in [0.2, 0.25) is 0 Å². The Morgan fingerprint density at radius 3 is 2.44 bits per heavy atom. The molecule has 0 aliphatic heterocycles. The number of ketones is 1. The van der Waals surface area contributed by atoms with Crippen molar-refractivity contribution in [1.29, 1.82) is 0 Å². The van der Waals surface area contributed by atoms with Gasteiger partial charge in [-0.1, -0.05) is 16.6 Å². The lowest BCUT2D eigenvalue weighted by Crippen LogP contribution is -2.02. The number of aryl methyl sites for hydroxylation is 1. The summed E-state index contributed by atoms with van der Waals surface area (Å²) >= 11 is 1.17. The van der Waals surface area contributed by atoms with Crippen LogP contribution in [0.1, 0.15) is 38.5 Å². The fourth-order valence-electron chi connectivity index (χ4n) is 1.51. The molecule has 0 saturated heterocycles. The Morgan fingerprint density at radius 2 is 2.00 bits per heavy atom. The molecule has 0 fully saturated rings. The summed E-state index contributed by atoms with van der Waals surface area (Å²) < 4.78 is 1.33. The third-order valence-electron chi connectivity index (χ3n) is 2.38. The van der Waals surface area contributed by atoms with Crippen molar-refractivity contribution in [3.05, 3.63) is 22.0 Å². The Kier molecular flexibility index (Phi) is 2.95. The molecule has 2 rings (SSSR count). The van der Waals surface area contributed by atoms with E-state index >= 15 is 0 Å². The number of thiazole rings is 1. The van der Waals surface area contributed by atoms with Crippen molar-refractivity contribution in [2.45, 2.75) is 20.8 Å². The number of hydrogen-bond donors (Lipinski definition) is 1. The molecule has 94 valence electrons. The molecule has 2 aromatic rings. The van der Waals surface area contributed by atoms with E-state index in [1.807, 2.05) is 0 Å². The molecular formula is C10H10N4O3S. The summed E-state index contributed by atoms with van der Waals surface area (Å²) in [6.45, 7) is 4.77. The van der Waals surface area contributed by atoms with Crippen LogP contribution >= 0.6 is 11.3 Å². The molecule has 0 aromatic carbocycles. The topological polar surface area (TPSA) is 98.0 Å². The zero-order valence-electron chi connectivity index (χ0n) is 9.96. The van der Waals surface area contributed by atoms with Crippen LogP contribution in [0, 0.1) is 13.8 Å². The minimum absolute atomic E-state index is 0.0764. The van der Waals surface area contributed by atoms with E-state index in [-0.39, 0.29) is 11.5 Å². The van der Waals surface area contributed by atoms with Crippen LogP contribution in [0.3, 0.4) is 0 Å². The third-order valence-corrected chi connectivity index (χ3v) is 3.62. The maximum Gasteiger partial charge on any atom is 0.358 e. The Morgan fingerprint density at radius 1 is 1.33 bits per heavy atom. The SMILES string of the molecule is CC(=O)c1sc(-n2nnc(C(=O)O)c2C)nc1C. The van der Waals surface area contributed by atoms with Crippen LogP contribution in [-0.4, -0.2) is 36.8 Å². The van der Waals surface area contributed by atoms with Crippen molar-refractivity contribution < 1.29 is 14.7 Å². The van der Waals surface area contributed by atoms with Gasteiger partial charge in [0.15, 0.2) is 11.5 Å². The lowest BCUT2D eigenvalue weighted by molar-refractivity contribution is 0.0689. The Hall–Kier alpha value is -2.09. The summed E-state index contributed by atoms with van der Waals surface area (Å²) in [5.41, 5.74) is 0.868. The predicted molar refractivity (Wildman–Crippen MR) is 63.5 cm³/mol. The molecule has 0 spiro atoms. The standard InChI is InChI=1S/C10H10N4O3S/c1-4-8(6(3)15)18-10(11-4)14-5(2)7(9(16)17)12-13-14/h1-3H3,(H,16,17).